The molecule has 0 amide bonds. The highest BCUT2D eigenvalue weighted by Crippen LogP contribution is 2.42. The number of hydrogen-bond donors (Lipinski definition) is 0. The van der Waals surface area contributed by atoms with Gasteiger partial charge in [-0.15, -0.1) is 11.3 Å². The molecule has 1 aliphatic rings. The van der Waals surface area contributed by atoms with E-state index in [1.807, 2.05) is 19.3 Å². The monoisotopic (exact) mass is 270 g/mol. The Bertz CT molecular complexity index is 580. The van der Waals surface area contributed by atoms with Crippen LogP contribution in [0.5, 0.6) is 0 Å². The summed E-state index contributed by atoms with van der Waals surface area (Å²) in [6, 6.07) is 4.16. The summed E-state index contributed by atoms with van der Waals surface area (Å²) in [6.45, 7) is 6.07. The van der Waals surface area contributed by atoms with E-state index in [2.05, 4.69) is 23.7 Å². The second-order valence-electron chi connectivity index (χ2n) is 5.23. The van der Waals surface area contributed by atoms with Crippen molar-refractivity contribution in [1.82, 2.24) is 9.97 Å². The van der Waals surface area contributed by atoms with Crippen molar-refractivity contribution in [2.24, 2.45) is 0 Å². The van der Waals surface area contributed by atoms with Crippen LogP contribution in [0.2, 0.25) is 0 Å². The quantitative estimate of drug-likeness (QED) is 0.793. The van der Waals surface area contributed by atoms with E-state index < -0.39 is 0 Å². The van der Waals surface area contributed by atoms with Crippen LogP contribution in [0.25, 0.3) is 16.0 Å². The fourth-order valence-electron chi connectivity index (χ4n) is 2.70. The molecule has 0 N–H and O–H groups in total. The molecule has 3 heteroatoms. The van der Waals surface area contributed by atoms with Crippen molar-refractivity contribution in [3.8, 4) is 10.4 Å². The van der Waals surface area contributed by atoms with Gasteiger partial charge in [0.1, 0.15) is 5.01 Å². The lowest BCUT2D eigenvalue weighted by molar-refractivity contribution is 0.704. The SMILES string of the molecule is C=C(C)c1nc(C2CCCC2)c(-c2ccncc2)s1. The Hall–Kier alpha value is -1.48. The van der Waals surface area contributed by atoms with Crippen molar-refractivity contribution in [3.05, 3.63) is 41.8 Å². The Morgan fingerprint density at radius 2 is 1.95 bits per heavy atom. The van der Waals surface area contributed by atoms with Gasteiger partial charge in [-0.2, -0.15) is 0 Å². The first-order chi connectivity index (χ1) is 9.25. The molecule has 0 saturated heterocycles. The van der Waals surface area contributed by atoms with Gasteiger partial charge in [0, 0.05) is 18.3 Å². The molecule has 19 heavy (non-hydrogen) atoms. The number of aromatic nitrogens is 2. The normalized spacial score (nSPS) is 15.8. The molecule has 0 unspecified atom stereocenters. The molecule has 1 aliphatic carbocycles. The maximum absolute atomic E-state index is 4.87. The van der Waals surface area contributed by atoms with Crippen molar-refractivity contribution in [3.63, 3.8) is 0 Å². The van der Waals surface area contributed by atoms with Gasteiger partial charge in [-0.1, -0.05) is 19.4 Å². The summed E-state index contributed by atoms with van der Waals surface area (Å²) in [5, 5.41) is 1.08. The third kappa shape index (κ3) is 2.47. The minimum Gasteiger partial charge on any atom is -0.265 e. The minimum atomic E-state index is 0.632. The molecule has 0 aliphatic heterocycles. The lowest BCUT2D eigenvalue weighted by atomic mass is 10.0. The van der Waals surface area contributed by atoms with Crippen LogP contribution in [-0.2, 0) is 0 Å². The van der Waals surface area contributed by atoms with Crippen molar-refractivity contribution in [2.45, 2.75) is 38.5 Å². The van der Waals surface area contributed by atoms with E-state index in [0.717, 1.165) is 10.6 Å². The Balaban J connectivity index is 2.08. The van der Waals surface area contributed by atoms with E-state index >= 15 is 0 Å². The molecular formula is C16H18N2S. The zero-order valence-electron chi connectivity index (χ0n) is 11.2. The van der Waals surface area contributed by atoms with Gasteiger partial charge in [0.15, 0.2) is 0 Å². The number of rotatable bonds is 3. The highest BCUT2D eigenvalue weighted by molar-refractivity contribution is 7.16. The van der Waals surface area contributed by atoms with Gasteiger partial charge >= 0.3 is 0 Å². The van der Waals surface area contributed by atoms with Gasteiger partial charge in [-0.3, -0.25) is 4.98 Å². The van der Waals surface area contributed by atoms with Crippen molar-refractivity contribution < 1.29 is 0 Å². The molecular weight excluding hydrogens is 252 g/mol. The molecule has 0 spiro atoms. The zero-order chi connectivity index (χ0) is 13.2. The standard InChI is InChI=1S/C16H18N2S/c1-11(2)16-18-14(12-5-3-4-6-12)15(19-16)13-7-9-17-10-8-13/h7-10,12H,1,3-6H2,2H3. The Morgan fingerprint density at radius 3 is 2.58 bits per heavy atom. The molecule has 3 rings (SSSR count). The Morgan fingerprint density at radius 1 is 1.26 bits per heavy atom. The Kier molecular flexibility index (Phi) is 3.47. The first kappa shape index (κ1) is 12.5. The maximum atomic E-state index is 4.87. The summed E-state index contributed by atoms with van der Waals surface area (Å²) in [4.78, 5) is 10.3. The molecule has 0 atom stereocenters. The van der Waals surface area contributed by atoms with Crippen molar-refractivity contribution in [1.29, 1.82) is 0 Å². The number of nitrogens with zero attached hydrogens (tertiary/aromatic N) is 2. The van der Waals surface area contributed by atoms with Crippen LogP contribution in [-0.4, -0.2) is 9.97 Å². The summed E-state index contributed by atoms with van der Waals surface area (Å²) in [7, 11) is 0. The molecule has 2 heterocycles. The predicted octanol–water partition coefficient (Wildman–Crippen LogP) is 4.90. The summed E-state index contributed by atoms with van der Waals surface area (Å²) in [5.74, 6) is 0.632. The average molecular weight is 270 g/mol. The third-order valence-corrected chi connectivity index (χ3v) is 4.98. The van der Waals surface area contributed by atoms with E-state index in [4.69, 9.17) is 4.98 Å². The van der Waals surface area contributed by atoms with Crippen LogP contribution in [0.1, 0.15) is 49.2 Å². The van der Waals surface area contributed by atoms with Crippen molar-refractivity contribution >= 4 is 16.9 Å². The lowest BCUT2D eigenvalue weighted by Crippen LogP contribution is -1.95. The molecule has 2 aromatic rings. The van der Waals surface area contributed by atoms with E-state index in [0.29, 0.717) is 5.92 Å². The number of pyridine rings is 1. The second kappa shape index (κ2) is 5.25. The summed E-state index contributed by atoms with van der Waals surface area (Å²) >= 11 is 1.77. The summed E-state index contributed by atoms with van der Waals surface area (Å²) in [6.07, 6.45) is 8.93. The van der Waals surface area contributed by atoms with Gasteiger partial charge in [-0.05, 0) is 43.0 Å². The van der Waals surface area contributed by atoms with Crippen LogP contribution in [0.3, 0.4) is 0 Å². The largest absolute Gasteiger partial charge is 0.265 e. The fraction of sp³-hybridized carbons (Fsp3) is 0.375. The molecule has 0 radical (unpaired) electrons. The van der Waals surface area contributed by atoms with E-state index in [-0.39, 0.29) is 0 Å². The Labute approximate surface area is 118 Å². The smallest absolute Gasteiger partial charge is 0.119 e. The first-order valence-electron chi connectivity index (χ1n) is 6.82. The lowest BCUT2D eigenvalue weighted by Gasteiger charge is -2.08. The van der Waals surface area contributed by atoms with E-state index in [1.165, 1.54) is 41.8 Å². The fourth-order valence-corrected chi connectivity index (χ4v) is 3.78. The zero-order valence-corrected chi connectivity index (χ0v) is 12.0. The molecule has 2 aromatic heterocycles. The van der Waals surface area contributed by atoms with Gasteiger partial charge in [0.2, 0.25) is 0 Å². The van der Waals surface area contributed by atoms with Gasteiger partial charge in [-0.25, -0.2) is 4.98 Å². The molecule has 0 aromatic carbocycles. The summed E-state index contributed by atoms with van der Waals surface area (Å²) < 4.78 is 0. The second-order valence-corrected chi connectivity index (χ2v) is 6.23. The number of hydrogen-bond acceptors (Lipinski definition) is 3. The molecule has 98 valence electrons. The van der Waals surface area contributed by atoms with Crippen LogP contribution in [0.4, 0.5) is 0 Å². The highest BCUT2D eigenvalue weighted by atomic mass is 32.1. The number of allylic oxidation sites excluding steroid dienone is 1. The van der Waals surface area contributed by atoms with Gasteiger partial charge < -0.3 is 0 Å². The topological polar surface area (TPSA) is 25.8 Å². The first-order valence-corrected chi connectivity index (χ1v) is 7.64. The minimum absolute atomic E-state index is 0.632. The van der Waals surface area contributed by atoms with E-state index in [9.17, 15) is 0 Å². The van der Waals surface area contributed by atoms with Gasteiger partial charge in [0.25, 0.3) is 0 Å². The van der Waals surface area contributed by atoms with Crippen LogP contribution in [0.15, 0.2) is 31.1 Å². The third-order valence-electron chi connectivity index (χ3n) is 3.70. The van der Waals surface area contributed by atoms with Crippen molar-refractivity contribution in [2.75, 3.05) is 0 Å². The molecule has 2 nitrogen and oxygen atoms in total. The number of thiazole rings is 1. The average Bonchev–Trinajstić information content (AvgIpc) is 3.08. The maximum Gasteiger partial charge on any atom is 0.119 e. The summed E-state index contributed by atoms with van der Waals surface area (Å²) in [5.41, 5.74) is 3.58. The highest BCUT2D eigenvalue weighted by Gasteiger charge is 2.24. The van der Waals surface area contributed by atoms with Gasteiger partial charge in [0.05, 0.1) is 10.6 Å². The van der Waals surface area contributed by atoms with Crippen LogP contribution >= 0.6 is 11.3 Å². The molecule has 1 fully saturated rings. The predicted molar refractivity (Wildman–Crippen MR) is 81.3 cm³/mol. The van der Waals surface area contributed by atoms with Crippen LogP contribution < -0.4 is 0 Å². The van der Waals surface area contributed by atoms with E-state index in [1.54, 1.807) is 11.3 Å². The molecule has 1 saturated carbocycles. The molecule has 0 bridgehead atoms. The van der Waals surface area contributed by atoms with Crippen LogP contribution in [0, 0.1) is 0 Å².